The van der Waals surface area contributed by atoms with E-state index in [4.69, 9.17) is 5.21 Å². The molecule has 2 N–H and O–H groups in total. The largest absolute Gasteiger partial charge is 0.316 e. The van der Waals surface area contributed by atoms with Gasteiger partial charge in [-0.05, 0) is 19.4 Å². The zero-order valence-corrected chi connectivity index (χ0v) is 6.83. The Hall–Kier alpha value is -0.860. The number of hydrogen-bond donors (Lipinski definition) is 2. The number of hydrogen-bond acceptors (Lipinski definition) is 2. The zero-order valence-electron chi connectivity index (χ0n) is 6.83. The highest BCUT2D eigenvalue weighted by Gasteiger charge is 2.00. The first kappa shape index (κ1) is 8.24. The van der Waals surface area contributed by atoms with E-state index in [1.807, 2.05) is 38.1 Å². The van der Waals surface area contributed by atoms with Crippen molar-refractivity contribution < 1.29 is 5.21 Å². The van der Waals surface area contributed by atoms with Crippen molar-refractivity contribution in [3.63, 3.8) is 0 Å². The Morgan fingerprint density at radius 2 is 1.82 bits per heavy atom. The first-order valence-corrected chi connectivity index (χ1v) is 3.70. The van der Waals surface area contributed by atoms with Crippen molar-refractivity contribution in [2.75, 3.05) is 0 Å². The van der Waals surface area contributed by atoms with Crippen molar-refractivity contribution in [1.82, 2.24) is 5.48 Å². The molecule has 0 aromatic heterocycles. The van der Waals surface area contributed by atoms with Crippen LogP contribution in [0.4, 0.5) is 0 Å². The summed E-state index contributed by atoms with van der Waals surface area (Å²) >= 11 is 0. The van der Waals surface area contributed by atoms with Gasteiger partial charge in [-0.2, -0.15) is 5.48 Å². The second-order valence-electron chi connectivity index (χ2n) is 2.76. The summed E-state index contributed by atoms with van der Waals surface area (Å²) in [5, 5.41) is 8.61. The van der Waals surface area contributed by atoms with Gasteiger partial charge in [0.05, 0.1) is 6.04 Å². The summed E-state index contributed by atoms with van der Waals surface area (Å²) in [7, 11) is 0. The van der Waals surface area contributed by atoms with Crippen molar-refractivity contribution in [3.8, 4) is 0 Å². The molecule has 0 radical (unpaired) electrons. The fourth-order valence-corrected chi connectivity index (χ4v) is 0.930. The molecule has 0 aliphatic carbocycles. The van der Waals surface area contributed by atoms with Crippen molar-refractivity contribution in [2.45, 2.75) is 19.9 Å². The highest BCUT2D eigenvalue weighted by molar-refractivity contribution is 5.23. The second-order valence-corrected chi connectivity index (χ2v) is 2.76. The van der Waals surface area contributed by atoms with Gasteiger partial charge in [0.2, 0.25) is 0 Å². The molecule has 0 spiro atoms. The van der Waals surface area contributed by atoms with Crippen LogP contribution in [0, 0.1) is 6.92 Å². The number of hydroxylamine groups is 1. The molecule has 1 aromatic rings. The summed E-state index contributed by atoms with van der Waals surface area (Å²) in [6.07, 6.45) is 0. The average Bonchev–Trinajstić information content (AvgIpc) is 2.05. The van der Waals surface area contributed by atoms with Crippen molar-refractivity contribution in [3.05, 3.63) is 35.4 Å². The molecule has 1 rings (SSSR count). The van der Waals surface area contributed by atoms with Crippen LogP contribution in [0.3, 0.4) is 0 Å². The molecule has 0 heterocycles. The lowest BCUT2D eigenvalue weighted by molar-refractivity contribution is 0.133. The number of aryl methyl sites for hydroxylation is 1. The van der Waals surface area contributed by atoms with E-state index in [0.29, 0.717) is 0 Å². The van der Waals surface area contributed by atoms with Gasteiger partial charge in [0, 0.05) is 0 Å². The second kappa shape index (κ2) is 3.51. The Morgan fingerprint density at radius 1 is 1.27 bits per heavy atom. The molecule has 2 heteroatoms. The summed E-state index contributed by atoms with van der Waals surface area (Å²) in [6.45, 7) is 3.95. The van der Waals surface area contributed by atoms with E-state index in [2.05, 4.69) is 5.48 Å². The van der Waals surface area contributed by atoms with E-state index >= 15 is 0 Å². The van der Waals surface area contributed by atoms with E-state index in [-0.39, 0.29) is 6.04 Å². The Balaban J connectivity index is 2.81. The topological polar surface area (TPSA) is 32.3 Å². The van der Waals surface area contributed by atoms with Gasteiger partial charge in [-0.3, -0.25) is 0 Å². The van der Waals surface area contributed by atoms with Gasteiger partial charge in [-0.1, -0.05) is 29.8 Å². The van der Waals surface area contributed by atoms with E-state index in [1.54, 1.807) is 0 Å². The first-order chi connectivity index (χ1) is 5.24. The summed E-state index contributed by atoms with van der Waals surface area (Å²) in [5.74, 6) is 0. The van der Waals surface area contributed by atoms with Crippen molar-refractivity contribution >= 4 is 0 Å². The molecule has 0 amide bonds. The SMILES string of the molecule is Cc1ccc([C@H](C)NO)cc1. The lowest BCUT2D eigenvalue weighted by atomic mass is 10.1. The summed E-state index contributed by atoms with van der Waals surface area (Å²) in [4.78, 5) is 0. The van der Waals surface area contributed by atoms with Crippen LogP contribution in [0.1, 0.15) is 24.1 Å². The van der Waals surface area contributed by atoms with Gasteiger partial charge in [0.25, 0.3) is 0 Å². The zero-order chi connectivity index (χ0) is 8.27. The van der Waals surface area contributed by atoms with Crippen LogP contribution < -0.4 is 5.48 Å². The third-order valence-electron chi connectivity index (χ3n) is 1.77. The molecule has 0 aliphatic rings. The Labute approximate surface area is 66.8 Å². The van der Waals surface area contributed by atoms with Crippen LogP contribution in [0.2, 0.25) is 0 Å². The van der Waals surface area contributed by atoms with Crippen LogP contribution in [-0.2, 0) is 0 Å². The quantitative estimate of drug-likeness (QED) is 0.634. The minimum absolute atomic E-state index is 0.00981. The van der Waals surface area contributed by atoms with Gasteiger partial charge >= 0.3 is 0 Å². The maximum atomic E-state index is 8.61. The number of benzene rings is 1. The predicted octanol–water partition coefficient (Wildman–Crippen LogP) is 2.03. The van der Waals surface area contributed by atoms with Crippen LogP contribution in [-0.4, -0.2) is 5.21 Å². The van der Waals surface area contributed by atoms with Crippen LogP contribution in [0.25, 0.3) is 0 Å². The minimum Gasteiger partial charge on any atom is -0.316 e. The summed E-state index contributed by atoms with van der Waals surface area (Å²) in [6, 6.07) is 8.08. The number of nitrogens with one attached hydrogen (secondary N) is 1. The summed E-state index contributed by atoms with van der Waals surface area (Å²) < 4.78 is 0. The smallest absolute Gasteiger partial charge is 0.0540 e. The van der Waals surface area contributed by atoms with Gasteiger partial charge < -0.3 is 5.21 Å². The van der Waals surface area contributed by atoms with Crippen molar-refractivity contribution in [1.29, 1.82) is 0 Å². The molecule has 0 saturated carbocycles. The molecule has 1 aromatic carbocycles. The molecule has 60 valence electrons. The molecule has 2 nitrogen and oxygen atoms in total. The van der Waals surface area contributed by atoms with E-state index in [0.717, 1.165) is 5.56 Å². The highest BCUT2D eigenvalue weighted by atomic mass is 16.5. The number of rotatable bonds is 2. The molecule has 0 aliphatic heterocycles. The highest BCUT2D eigenvalue weighted by Crippen LogP contribution is 2.11. The standard InChI is InChI=1S/C9H13NO/c1-7-3-5-9(6-4-7)8(2)10-11/h3-6,8,10-11H,1-2H3/t8-/m0/s1. The fraction of sp³-hybridized carbons (Fsp3) is 0.333. The molecular weight excluding hydrogens is 138 g/mol. The van der Waals surface area contributed by atoms with Crippen LogP contribution in [0.5, 0.6) is 0 Å². The predicted molar refractivity (Wildman–Crippen MR) is 44.5 cm³/mol. The van der Waals surface area contributed by atoms with Crippen LogP contribution >= 0.6 is 0 Å². The molecule has 0 bridgehead atoms. The lowest BCUT2D eigenvalue weighted by Crippen LogP contribution is -2.12. The van der Waals surface area contributed by atoms with Crippen molar-refractivity contribution in [2.24, 2.45) is 0 Å². The molecule has 0 fully saturated rings. The van der Waals surface area contributed by atoms with Gasteiger partial charge in [0.15, 0.2) is 0 Å². The maximum absolute atomic E-state index is 8.61. The molecule has 0 saturated heterocycles. The first-order valence-electron chi connectivity index (χ1n) is 3.70. The third-order valence-corrected chi connectivity index (χ3v) is 1.77. The molecule has 11 heavy (non-hydrogen) atoms. The van der Waals surface area contributed by atoms with Crippen LogP contribution in [0.15, 0.2) is 24.3 Å². The molecule has 0 unspecified atom stereocenters. The Bertz CT molecular complexity index is 218. The third kappa shape index (κ3) is 2.03. The van der Waals surface area contributed by atoms with E-state index < -0.39 is 0 Å². The minimum atomic E-state index is 0.00981. The normalized spacial score (nSPS) is 13.0. The summed E-state index contributed by atoms with van der Waals surface area (Å²) in [5.41, 5.74) is 4.53. The maximum Gasteiger partial charge on any atom is 0.0540 e. The van der Waals surface area contributed by atoms with Gasteiger partial charge in [-0.25, -0.2) is 0 Å². The molecule has 1 atom stereocenters. The average molecular weight is 151 g/mol. The Kier molecular flexibility index (Phi) is 2.63. The fourth-order valence-electron chi connectivity index (χ4n) is 0.930. The van der Waals surface area contributed by atoms with E-state index in [1.165, 1.54) is 5.56 Å². The monoisotopic (exact) mass is 151 g/mol. The Morgan fingerprint density at radius 3 is 2.27 bits per heavy atom. The van der Waals surface area contributed by atoms with Gasteiger partial charge in [0.1, 0.15) is 0 Å². The lowest BCUT2D eigenvalue weighted by Gasteiger charge is -2.08. The van der Waals surface area contributed by atoms with Gasteiger partial charge in [-0.15, -0.1) is 0 Å². The van der Waals surface area contributed by atoms with E-state index in [9.17, 15) is 0 Å². The molecular formula is C9H13NO.